The molecule has 20 heavy (non-hydrogen) atoms. The number of ether oxygens (including phenoxy) is 1. The van der Waals surface area contributed by atoms with Crippen LogP contribution in [0, 0.1) is 0 Å². The smallest absolute Gasteiger partial charge is 0.329 e. The van der Waals surface area contributed by atoms with Crippen LogP contribution in [0.1, 0.15) is 18.1 Å². The van der Waals surface area contributed by atoms with Gasteiger partial charge in [-0.2, -0.15) is 0 Å². The minimum Gasteiger partial charge on any atom is -0.481 e. The van der Waals surface area contributed by atoms with Gasteiger partial charge in [-0.3, -0.25) is 14.3 Å². The van der Waals surface area contributed by atoms with E-state index in [0.717, 1.165) is 10.1 Å². The molecule has 0 radical (unpaired) electrons. The monoisotopic (exact) mass is 295 g/mol. The molecule has 0 bridgehead atoms. The summed E-state index contributed by atoms with van der Waals surface area (Å²) in [5.74, 6) is 0.473. The first-order chi connectivity index (χ1) is 9.56. The van der Waals surface area contributed by atoms with Crippen LogP contribution in [-0.4, -0.2) is 21.6 Å². The molecule has 2 aromatic rings. The second kappa shape index (κ2) is 5.92. The number of aromatic amines is 1. The number of pyridine rings is 1. The molecule has 1 N–H and O–H groups in total. The highest BCUT2D eigenvalue weighted by atomic mass is 35.5. The molecule has 0 amide bonds. The number of hydrogen-bond donors (Lipinski definition) is 1. The van der Waals surface area contributed by atoms with E-state index < -0.39 is 5.69 Å². The number of halogens is 1. The van der Waals surface area contributed by atoms with Crippen molar-refractivity contribution < 1.29 is 4.74 Å². The Bertz CT molecular complexity index is 719. The fraction of sp³-hybridized carbons (Fsp3) is 0.308. The lowest BCUT2D eigenvalue weighted by Crippen LogP contribution is -2.37. The van der Waals surface area contributed by atoms with Gasteiger partial charge in [-0.15, -0.1) is 0 Å². The summed E-state index contributed by atoms with van der Waals surface area (Å²) in [5.41, 5.74) is 0.209. The van der Waals surface area contributed by atoms with Gasteiger partial charge in [-0.25, -0.2) is 9.78 Å². The molecule has 6 nitrogen and oxygen atoms in total. The number of nitrogens with zero attached hydrogens (tertiary/aromatic N) is 2. The minimum absolute atomic E-state index is 0.103. The topological polar surface area (TPSA) is 77.0 Å². The van der Waals surface area contributed by atoms with Crippen molar-refractivity contribution in [3.8, 4) is 5.88 Å². The van der Waals surface area contributed by atoms with Crippen molar-refractivity contribution in [3.05, 3.63) is 55.4 Å². The van der Waals surface area contributed by atoms with Gasteiger partial charge < -0.3 is 4.74 Å². The van der Waals surface area contributed by atoms with Crippen LogP contribution in [0.5, 0.6) is 5.88 Å². The van der Waals surface area contributed by atoms with Crippen molar-refractivity contribution in [2.24, 2.45) is 0 Å². The van der Waals surface area contributed by atoms with Crippen molar-refractivity contribution in [1.82, 2.24) is 14.5 Å². The minimum atomic E-state index is -0.534. The Hall–Kier alpha value is -2.08. The van der Waals surface area contributed by atoms with Gasteiger partial charge in [0.1, 0.15) is 5.15 Å². The predicted octanol–water partition coefficient (Wildman–Crippen LogP) is 1.20. The molecular weight excluding hydrogens is 282 g/mol. The van der Waals surface area contributed by atoms with Gasteiger partial charge in [0.15, 0.2) is 0 Å². The fourth-order valence-corrected chi connectivity index (χ4v) is 2.14. The van der Waals surface area contributed by atoms with Crippen LogP contribution in [0.25, 0.3) is 0 Å². The lowest BCUT2D eigenvalue weighted by molar-refractivity contribution is 0.397. The molecule has 0 aliphatic rings. The molecule has 0 atom stereocenters. The summed E-state index contributed by atoms with van der Waals surface area (Å²) in [7, 11) is 1.52. The normalized spacial score (nSPS) is 10.6. The summed E-state index contributed by atoms with van der Waals surface area (Å²) in [6.45, 7) is 1.94. The Kier molecular flexibility index (Phi) is 4.24. The molecule has 0 fully saturated rings. The summed E-state index contributed by atoms with van der Waals surface area (Å²) in [6, 6.07) is 3.42. The van der Waals surface area contributed by atoms with Gasteiger partial charge in [0.2, 0.25) is 5.88 Å². The molecule has 7 heteroatoms. The highest BCUT2D eigenvalue weighted by Gasteiger charge is 2.11. The highest BCUT2D eigenvalue weighted by Crippen LogP contribution is 2.09. The van der Waals surface area contributed by atoms with E-state index >= 15 is 0 Å². The molecule has 0 saturated carbocycles. The third kappa shape index (κ3) is 2.75. The van der Waals surface area contributed by atoms with E-state index in [1.807, 2.05) is 0 Å². The first kappa shape index (κ1) is 14.3. The van der Waals surface area contributed by atoms with E-state index in [2.05, 4.69) is 9.97 Å². The van der Waals surface area contributed by atoms with Crippen molar-refractivity contribution in [3.63, 3.8) is 0 Å². The van der Waals surface area contributed by atoms with E-state index in [1.54, 1.807) is 25.3 Å². The molecule has 2 heterocycles. The lowest BCUT2D eigenvalue weighted by atomic mass is 10.2. The van der Waals surface area contributed by atoms with Crippen LogP contribution >= 0.6 is 11.6 Å². The average molecular weight is 296 g/mol. The maximum atomic E-state index is 12.2. The van der Waals surface area contributed by atoms with Gasteiger partial charge >= 0.3 is 5.69 Å². The quantitative estimate of drug-likeness (QED) is 0.860. The second-order valence-electron chi connectivity index (χ2n) is 4.18. The van der Waals surface area contributed by atoms with Crippen molar-refractivity contribution >= 4 is 11.6 Å². The summed E-state index contributed by atoms with van der Waals surface area (Å²) in [5, 5.41) is 0.103. The third-order valence-corrected chi connectivity index (χ3v) is 3.25. The molecule has 0 unspecified atom stereocenters. The fourth-order valence-electron chi connectivity index (χ4n) is 1.84. The number of aromatic nitrogens is 3. The van der Waals surface area contributed by atoms with Crippen LogP contribution in [-0.2, 0) is 13.0 Å². The molecule has 106 valence electrons. The van der Waals surface area contributed by atoms with Crippen molar-refractivity contribution in [1.29, 1.82) is 0 Å². The van der Waals surface area contributed by atoms with Crippen LogP contribution in [0.4, 0.5) is 0 Å². The predicted molar refractivity (Wildman–Crippen MR) is 75.6 cm³/mol. The molecule has 2 aromatic heterocycles. The molecule has 0 aliphatic heterocycles. The first-order valence-electron chi connectivity index (χ1n) is 6.07. The number of hydrogen-bond acceptors (Lipinski definition) is 4. The zero-order valence-corrected chi connectivity index (χ0v) is 11.9. The van der Waals surface area contributed by atoms with E-state index in [-0.39, 0.29) is 17.3 Å². The third-order valence-electron chi connectivity index (χ3n) is 2.93. The summed E-state index contributed by atoms with van der Waals surface area (Å²) >= 11 is 5.85. The standard InChI is InChI=1S/C13H14ClN3O3/c1-3-9-11(14)16-13(19)17(12(9)18)7-8-4-5-10(20-2)15-6-8/h4-6H,3,7H2,1-2H3,(H,16,19). The number of nitrogens with one attached hydrogen (secondary N) is 1. The van der Waals surface area contributed by atoms with Gasteiger partial charge in [0, 0.05) is 12.3 Å². The van der Waals surface area contributed by atoms with Crippen molar-refractivity contribution in [2.75, 3.05) is 7.11 Å². The molecule has 0 aromatic carbocycles. The molecule has 0 aliphatic carbocycles. The Morgan fingerprint density at radius 2 is 2.15 bits per heavy atom. The van der Waals surface area contributed by atoms with E-state index in [1.165, 1.54) is 7.11 Å². The second-order valence-corrected chi connectivity index (χ2v) is 4.55. The van der Waals surface area contributed by atoms with Gasteiger partial charge in [-0.05, 0) is 12.0 Å². The SMILES string of the molecule is CCc1c(Cl)[nH]c(=O)n(Cc2ccc(OC)nc2)c1=O. The summed E-state index contributed by atoms with van der Waals surface area (Å²) in [4.78, 5) is 30.5. The number of H-pyrrole nitrogens is 1. The molecule has 0 saturated heterocycles. The Morgan fingerprint density at radius 1 is 1.40 bits per heavy atom. The Balaban J connectivity index is 2.43. The van der Waals surface area contributed by atoms with Gasteiger partial charge in [0.05, 0.1) is 19.2 Å². The first-order valence-corrected chi connectivity index (χ1v) is 6.45. The zero-order chi connectivity index (χ0) is 14.7. The number of rotatable bonds is 4. The van der Waals surface area contributed by atoms with E-state index in [0.29, 0.717) is 17.9 Å². The van der Waals surface area contributed by atoms with Crippen LogP contribution in [0.2, 0.25) is 5.15 Å². The summed E-state index contributed by atoms with van der Waals surface area (Å²) in [6.07, 6.45) is 2.01. The van der Waals surface area contributed by atoms with E-state index in [9.17, 15) is 9.59 Å². The average Bonchev–Trinajstić information content (AvgIpc) is 2.44. The highest BCUT2D eigenvalue weighted by molar-refractivity contribution is 6.30. The molecule has 0 spiro atoms. The summed E-state index contributed by atoms with van der Waals surface area (Å²) < 4.78 is 6.06. The van der Waals surface area contributed by atoms with Crippen LogP contribution < -0.4 is 16.0 Å². The van der Waals surface area contributed by atoms with Gasteiger partial charge in [0.25, 0.3) is 5.56 Å². The zero-order valence-electron chi connectivity index (χ0n) is 11.1. The van der Waals surface area contributed by atoms with Crippen LogP contribution in [0.15, 0.2) is 27.9 Å². The maximum absolute atomic E-state index is 12.2. The molecular formula is C13H14ClN3O3. The lowest BCUT2D eigenvalue weighted by Gasteiger charge is -2.08. The van der Waals surface area contributed by atoms with Crippen molar-refractivity contribution in [2.45, 2.75) is 19.9 Å². The Labute approximate surface area is 120 Å². The molecule has 2 rings (SSSR count). The maximum Gasteiger partial charge on any atom is 0.329 e. The Morgan fingerprint density at radius 3 is 2.70 bits per heavy atom. The van der Waals surface area contributed by atoms with Crippen LogP contribution in [0.3, 0.4) is 0 Å². The largest absolute Gasteiger partial charge is 0.481 e. The number of methoxy groups -OCH3 is 1. The van der Waals surface area contributed by atoms with Gasteiger partial charge in [-0.1, -0.05) is 24.6 Å². The van der Waals surface area contributed by atoms with E-state index in [4.69, 9.17) is 16.3 Å².